The van der Waals surface area contributed by atoms with Crippen LogP contribution in [0.4, 0.5) is 0 Å². The van der Waals surface area contributed by atoms with Crippen LogP contribution in [-0.4, -0.2) is 79.3 Å². The SMILES string of the molecule is O=CN1CCC[C@H](NC(=O)[C@H]2CN(S(=O)(=O)c3ccccc3)C[C@@H]2NC(=O)c2cc(-c3ccccc3Cl)on2)C1. The molecule has 0 radical (unpaired) electrons. The first kappa shape index (κ1) is 27.8. The third kappa shape index (κ3) is 5.88. The van der Waals surface area contributed by atoms with Crippen molar-refractivity contribution in [2.75, 3.05) is 26.2 Å². The molecule has 2 aliphatic rings. The number of piperidine rings is 1. The predicted octanol–water partition coefficient (Wildman–Crippen LogP) is 2.15. The second kappa shape index (κ2) is 11.8. The summed E-state index contributed by atoms with van der Waals surface area (Å²) >= 11 is 6.23. The van der Waals surface area contributed by atoms with Crippen molar-refractivity contribution in [1.29, 1.82) is 0 Å². The maximum atomic E-state index is 13.4. The molecule has 3 heterocycles. The largest absolute Gasteiger partial charge is 0.355 e. The van der Waals surface area contributed by atoms with Gasteiger partial charge in [-0.2, -0.15) is 4.31 Å². The highest BCUT2D eigenvalue weighted by Crippen LogP contribution is 2.29. The zero-order valence-electron chi connectivity index (χ0n) is 21.4. The van der Waals surface area contributed by atoms with Crippen LogP contribution in [0.15, 0.2) is 70.1 Å². The number of rotatable bonds is 8. The minimum absolute atomic E-state index is 0.0349. The Morgan fingerprint density at radius 2 is 1.77 bits per heavy atom. The van der Waals surface area contributed by atoms with Crippen molar-refractivity contribution in [3.63, 3.8) is 0 Å². The Bertz CT molecular complexity index is 1500. The summed E-state index contributed by atoms with van der Waals surface area (Å²) in [4.78, 5) is 39.5. The number of hydrogen-bond donors (Lipinski definition) is 2. The van der Waals surface area contributed by atoms with Crippen LogP contribution in [0.5, 0.6) is 0 Å². The van der Waals surface area contributed by atoms with Crippen LogP contribution >= 0.6 is 11.6 Å². The monoisotopic (exact) mass is 585 g/mol. The molecule has 5 rings (SSSR count). The summed E-state index contributed by atoms with van der Waals surface area (Å²) in [6, 6.07) is 15.2. The smallest absolute Gasteiger partial charge is 0.273 e. The Labute approximate surface area is 236 Å². The van der Waals surface area contributed by atoms with E-state index in [1.165, 1.54) is 22.5 Å². The van der Waals surface area contributed by atoms with Crippen molar-refractivity contribution in [3.8, 4) is 11.3 Å². The molecule has 0 spiro atoms. The van der Waals surface area contributed by atoms with Gasteiger partial charge in [0.2, 0.25) is 22.3 Å². The number of halogens is 1. The fourth-order valence-corrected chi connectivity index (χ4v) is 6.80. The second-order valence-electron chi connectivity index (χ2n) is 9.83. The van der Waals surface area contributed by atoms with Crippen LogP contribution in [0, 0.1) is 5.92 Å². The van der Waals surface area contributed by atoms with Gasteiger partial charge >= 0.3 is 0 Å². The number of amides is 3. The van der Waals surface area contributed by atoms with E-state index in [0.29, 0.717) is 35.9 Å². The highest BCUT2D eigenvalue weighted by Gasteiger charge is 2.44. The Hall–Kier alpha value is -3.74. The Kier molecular flexibility index (Phi) is 8.19. The van der Waals surface area contributed by atoms with Crippen molar-refractivity contribution >= 4 is 39.8 Å². The topological polar surface area (TPSA) is 142 Å². The lowest BCUT2D eigenvalue weighted by molar-refractivity contribution is -0.127. The summed E-state index contributed by atoms with van der Waals surface area (Å²) in [5.74, 6) is -1.59. The maximum absolute atomic E-state index is 13.4. The molecule has 1 aromatic heterocycles. The highest BCUT2D eigenvalue weighted by atomic mass is 35.5. The molecule has 2 aliphatic heterocycles. The van der Waals surface area contributed by atoms with Gasteiger partial charge in [0.05, 0.1) is 21.9 Å². The van der Waals surface area contributed by atoms with Gasteiger partial charge in [-0.15, -0.1) is 0 Å². The molecule has 2 saturated heterocycles. The van der Waals surface area contributed by atoms with Gasteiger partial charge in [-0.25, -0.2) is 8.42 Å². The Morgan fingerprint density at radius 3 is 2.52 bits per heavy atom. The van der Waals surface area contributed by atoms with Crippen LogP contribution in [0.3, 0.4) is 0 Å². The van der Waals surface area contributed by atoms with E-state index in [9.17, 15) is 22.8 Å². The average Bonchev–Trinajstić information content (AvgIpc) is 3.62. The summed E-state index contributed by atoms with van der Waals surface area (Å²) in [7, 11) is -3.92. The van der Waals surface area contributed by atoms with E-state index < -0.39 is 33.8 Å². The lowest BCUT2D eigenvalue weighted by atomic mass is 10.00. The van der Waals surface area contributed by atoms with Gasteiger partial charge < -0.3 is 20.1 Å². The number of sulfonamides is 1. The lowest BCUT2D eigenvalue weighted by Gasteiger charge is -2.31. The van der Waals surface area contributed by atoms with E-state index in [-0.39, 0.29) is 29.7 Å². The molecule has 3 amide bonds. The molecule has 2 fully saturated rings. The molecule has 11 nitrogen and oxygen atoms in total. The van der Waals surface area contributed by atoms with E-state index in [0.717, 1.165) is 12.8 Å². The van der Waals surface area contributed by atoms with E-state index >= 15 is 0 Å². The third-order valence-corrected chi connectivity index (χ3v) is 9.33. The number of nitrogens with one attached hydrogen (secondary N) is 2. The number of carbonyl (C=O) groups is 3. The molecule has 3 aromatic rings. The van der Waals surface area contributed by atoms with Crippen molar-refractivity contribution in [3.05, 3.63) is 71.4 Å². The fourth-order valence-electron chi connectivity index (χ4n) is 5.06. The highest BCUT2D eigenvalue weighted by molar-refractivity contribution is 7.89. The van der Waals surface area contributed by atoms with Crippen LogP contribution in [0.1, 0.15) is 23.3 Å². The van der Waals surface area contributed by atoms with E-state index in [4.69, 9.17) is 16.1 Å². The molecule has 2 aromatic carbocycles. The zero-order chi connectivity index (χ0) is 28.3. The minimum Gasteiger partial charge on any atom is -0.355 e. The van der Waals surface area contributed by atoms with Gasteiger partial charge in [0.25, 0.3) is 5.91 Å². The van der Waals surface area contributed by atoms with E-state index in [1.807, 2.05) is 0 Å². The molecule has 0 bridgehead atoms. The first-order valence-electron chi connectivity index (χ1n) is 12.8. The third-order valence-electron chi connectivity index (χ3n) is 7.15. The lowest BCUT2D eigenvalue weighted by Crippen LogP contribution is -2.52. The first-order chi connectivity index (χ1) is 19.3. The summed E-state index contributed by atoms with van der Waals surface area (Å²) in [6.07, 6.45) is 2.18. The number of aromatic nitrogens is 1. The number of hydrogen-bond acceptors (Lipinski definition) is 7. The van der Waals surface area contributed by atoms with Crippen molar-refractivity contribution in [1.82, 2.24) is 25.0 Å². The molecule has 0 aliphatic carbocycles. The second-order valence-corrected chi connectivity index (χ2v) is 12.2. The van der Waals surface area contributed by atoms with Gasteiger partial charge in [0, 0.05) is 43.9 Å². The number of carbonyl (C=O) groups excluding carboxylic acids is 3. The molecule has 2 N–H and O–H groups in total. The van der Waals surface area contributed by atoms with Crippen molar-refractivity contribution in [2.24, 2.45) is 5.92 Å². The summed E-state index contributed by atoms with van der Waals surface area (Å²) in [5.41, 5.74) is 0.526. The maximum Gasteiger partial charge on any atom is 0.273 e. The number of benzene rings is 2. The van der Waals surface area contributed by atoms with Crippen LogP contribution in [0.25, 0.3) is 11.3 Å². The minimum atomic E-state index is -3.92. The van der Waals surface area contributed by atoms with Crippen LogP contribution in [-0.2, 0) is 19.6 Å². The fraction of sp³-hybridized carbons (Fsp3) is 0.333. The number of likely N-dealkylation sites (tertiary alicyclic amines) is 1. The van der Waals surface area contributed by atoms with Gasteiger partial charge in [0.15, 0.2) is 11.5 Å². The van der Waals surface area contributed by atoms with Crippen LogP contribution < -0.4 is 10.6 Å². The van der Waals surface area contributed by atoms with Gasteiger partial charge in [-0.05, 0) is 37.1 Å². The summed E-state index contributed by atoms with van der Waals surface area (Å²) in [6.45, 7) is 0.757. The molecule has 210 valence electrons. The predicted molar refractivity (Wildman–Crippen MR) is 146 cm³/mol. The van der Waals surface area contributed by atoms with Gasteiger partial charge in [-0.3, -0.25) is 14.4 Å². The quantitative estimate of drug-likeness (QED) is 0.386. The standard InChI is InChI=1S/C27H28ClN5O6S/c28-22-11-5-4-10-20(22)25-13-23(31-39-25)27(36)30-24-16-33(40(37,38)19-8-2-1-3-9-19)15-21(24)26(35)29-18-7-6-12-32(14-18)17-34/h1-5,8-11,13,17-18,21,24H,6-7,12,14-16H2,(H,29,35)(H,30,36)/t18-,21-,24-/m0/s1. The first-order valence-corrected chi connectivity index (χ1v) is 14.7. The molecule has 0 unspecified atom stereocenters. The Balaban J connectivity index is 1.36. The van der Waals surface area contributed by atoms with Crippen molar-refractivity contribution in [2.45, 2.75) is 29.8 Å². The molecular weight excluding hydrogens is 558 g/mol. The molecular formula is C27H28ClN5O6S. The number of nitrogens with zero attached hydrogens (tertiary/aromatic N) is 3. The van der Waals surface area contributed by atoms with Crippen molar-refractivity contribution < 1.29 is 27.3 Å². The molecule has 0 saturated carbocycles. The molecule has 40 heavy (non-hydrogen) atoms. The molecule has 3 atom stereocenters. The zero-order valence-corrected chi connectivity index (χ0v) is 23.0. The summed E-state index contributed by atoms with van der Waals surface area (Å²) in [5, 5.41) is 10.0. The Morgan fingerprint density at radius 1 is 1.02 bits per heavy atom. The normalized spacial score (nSPS) is 21.6. The van der Waals surface area contributed by atoms with E-state index in [1.54, 1.807) is 47.4 Å². The van der Waals surface area contributed by atoms with Gasteiger partial charge in [0.1, 0.15) is 0 Å². The van der Waals surface area contributed by atoms with E-state index in [2.05, 4.69) is 15.8 Å². The summed E-state index contributed by atoms with van der Waals surface area (Å²) < 4.78 is 33.3. The van der Waals surface area contributed by atoms with Crippen LogP contribution in [0.2, 0.25) is 5.02 Å². The average molecular weight is 586 g/mol. The van der Waals surface area contributed by atoms with Gasteiger partial charge in [-0.1, -0.05) is 47.1 Å². The molecule has 13 heteroatoms.